The molecule has 3 rings (SSSR count). The normalized spacial score (nSPS) is 16.9. The summed E-state index contributed by atoms with van der Waals surface area (Å²) in [4.78, 5) is 0. The lowest BCUT2D eigenvalue weighted by Crippen LogP contribution is -2.43. The zero-order valence-electron chi connectivity index (χ0n) is 8.77. The number of fused-ring (bicyclic) bond motifs is 1. The van der Waals surface area contributed by atoms with Crippen LogP contribution in [0.5, 0.6) is 0 Å². The van der Waals surface area contributed by atoms with Crippen molar-refractivity contribution in [2.75, 3.05) is 13.1 Å². The van der Waals surface area contributed by atoms with Crippen LogP contribution in [0.25, 0.3) is 5.65 Å². The Bertz CT molecular complexity index is 484. The van der Waals surface area contributed by atoms with Gasteiger partial charge in [0.2, 0.25) is 0 Å². The van der Waals surface area contributed by atoms with Crippen LogP contribution in [0.15, 0.2) is 18.2 Å². The third kappa shape index (κ3) is 1.41. The summed E-state index contributed by atoms with van der Waals surface area (Å²) in [5, 5.41) is 11.7. The van der Waals surface area contributed by atoms with Gasteiger partial charge in [0, 0.05) is 12.1 Å². The highest BCUT2D eigenvalue weighted by molar-refractivity contribution is 5.39. The third-order valence-electron chi connectivity index (χ3n) is 3.03. The van der Waals surface area contributed by atoms with E-state index in [-0.39, 0.29) is 0 Å². The number of hydrogen-bond donors (Lipinski definition) is 1. The van der Waals surface area contributed by atoms with Gasteiger partial charge < -0.3 is 5.32 Å². The highest BCUT2D eigenvalue weighted by Gasteiger charge is 2.20. The maximum atomic E-state index is 4.26. The molecule has 1 aliphatic rings. The molecule has 1 fully saturated rings. The number of aromatic nitrogens is 3. The number of rotatable bonds is 2. The molecular formula is C11H14N4. The van der Waals surface area contributed by atoms with E-state index in [1.165, 1.54) is 5.69 Å². The monoisotopic (exact) mass is 202 g/mol. The molecule has 1 saturated heterocycles. The molecule has 2 aromatic rings. The van der Waals surface area contributed by atoms with Crippen LogP contribution in [-0.4, -0.2) is 27.7 Å². The maximum absolute atomic E-state index is 4.26. The molecule has 0 spiro atoms. The summed E-state index contributed by atoms with van der Waals surface area (Å²) in [6.45, 7) is 4.32. The second-order valence-electron chi connectivity index (χ2n) is 4.21. The van der Waals surface area contributed by atoms with Crippen molar-refractivity contribution in [1.29, 1.82) is 0 Å². The average molecular weight is 202 g/mol. The van der Waals surface area contributed by atoms with E-state index in [2.05, 4.69) is 32.9 Å². The van der Waals surface area contributed by atoms with Crippen LogP contribution in [-0.2, 0) is 6.42 Å². The molecule has 0 radical (unpaired) electrons. The SMILES string of the molecule is Cc1cccc2nnc(CC3CNC3)n12. The van der Waals surface area contributed by atoms with Crippen molar-refractivity contribution in [3.05, 3.63) is 29.7 Å². The molecule has 1 aliphatic heterocycles. The van der Waals surface area contributed by atoms with E-state index < -0.39 is 0 Å². The van der Waals surface area contributed by atoms with Crippen molar-refractivity contribution in [1.82, 2.24) is 19.9 Å². The molecule has 78 valence electrons. The summed E-state index contributed by atoms with van der Waals surface area (Å²) in [6, 6.07) is 6.12. The largest absolute Gasteiger partial charge is 0.316 e. The average Bonchev–Trinajstić information content (AvgIpc) is 2.56. The molecule has 1 N–H and O–H groups in total. The highest BCUT2D eigenvalue weighted by atomic mass is 15.2. The van der Waals surface area contributed by atoms with Gasteiger partial charge in [-0.3, -0.25) is 4.40 Å². The summed E-state index contributed by atoms with van der Waals surface area (Å²) >= 11 is 0. The Labute approximate surface area is 88.3 Å². The summed E-state index contributed by atoms with van der Waals surface area (Å²) in [5.41, 5.74) is 2.16. The number of nitrogens with zero attached hydrogens (tertiary/aromatic N) is 3. The first-order valence-corrected chi connectivity index (χ1v) is 5.35. The zero-order chi connectivity index (χ0) is 10.3. The smallest absolute Gasteiger partial charge is 0.160 e. The molecule has 0 unspecified atom stereocenters. The van der Waals surface area contributed by atoms with Crippen molar-refractivity contribution >= 4 is 5.65 Å². The molecule has 0 amide bonds. The second kappa shape index (κ2) is 3.31. The first-order chi connectivity index (χ1) is 7.34. The first-order valence-electron chi connectivity index (χ1n) is 5.35. The molecule has 0 saturated carbocycles. The molecule has 3 heterocycles. The Kier molecular flexibility index (Phi) is 1.95. The van der Waals surface area contributed by atoms with Crippen LogP contribution in [0.1, 0.15) is 11.5 Å². The van der Waals surface area contributed by atoms with Gasteiger partial charge in [-0.25, -0.2) is 0 Å². The zero-order valence-corrected chi connectivity index (χ0v) is 8.77. The van der Waals surface area contributed by atoms with Crippen LogP contribution in [0.4, 0.5) is 0 Å². The number of nitrogens with one attached hydrogen (secondary N) is 1. The van der Waals surface area contributed by atoms with E-state index >= 15 is 0 Å². The van der Waals surface area contributed by atoms with E-state index in [0.29, 0.717) is 0 Å². The lowest BCUT2D eigenvalue weighted by molar-refractivity contribution is 0.340. The summed E-state index contributed by atoms with van der Waals surface area (Å²) in [6.07, 6.45) is 1.03. The summed E-state index contributed by atoms with van der Waals surface area (Å²) < 4.78 is 2.15. The van der Waals surface area contributed by atoms with Crippen molar-refractivity contribution < 1.29 is 0 Å². The fourth-order valence-electron chi connectivity index (χ4n) is 2.05. The molecule has 2 aromatic heterocycles. The number of aryl methyl sites for hydroxylation is 1. The molecular weight excluding hydrogens is 188 g/mol. The van der Waals surface area contributed by atoms with Crippen molar-refractivity contribution in [3.8, 4) is 0 Å². The van der Waals surface area contributed by atoms with Crippen LogP contribution < -0.4 is 5.32 Å². The maximum Gasteiger partial charge on any atom is 0.160 e. The van der Waals surface area contributed by atoms with E-state index in [4.69, 9.17) is 0 Å². The first kappa shape index (κ1) is 8.85. The van der Waals surface area contributed by atoms with Gasteiger partial charge in [0.25, 0.3) is 0 Å². The molecule has 15 heavy (non-hydrogen) atoms. The quantitative estimate of drug-likeness (QED) is 0.783. The van der Waals surface area contributed by atoms with Gasteiger partial charge >= 0.3 is 0 Å². The molecule has 0 bridgehead atoms. The molecule has 4 nitrogen and oxygen atoms in total. The van der Waals surface area contributed by atoms with Gasteiger partial charge in [0.15, 0.2) is 5.65 Å². The van der Waals surface area contributed by atoms with Gasteiger partial charge in [-0.2, -0.15) is 0 Å². The van der Waals surface area contributed by atoms with Crippen molar-refractivity contribution in [2.45, 2.75) is 13.3 Å². The summed E-state index contributed by atoms with van der Waals surface area (Å²) in [5.74, 6) is 1.83. The van der Waals surface area contributed by atoms with Crippen LogP contribution in [0.3, 0.4) is 0 Å². The molecule has 0 aliphatic carbocycles. The van der Waals surface area contributed by atoms with Gasteiger partial charge in [0.1, 0.15) is 5.82 Å². The highest BCUT2D eigenvalue weighted by Crippen LogP contribution is 2.14. The minimum absolute atomic E-state index is 0.733. The Morgan fingerprint density at radius 1 is 1.40 bits per heavy atom. The lowest BCUT2D eigenvalue weighted by Gasteiger charge is -2.26. The Hall–Kier alpha value is -1.42. The minimum Gasteiger partial charge on any atom is -0.316 e. The third-order valence-corrected chi connectivity index (χ3v) is 3.03. The molecule has 0 atom stereocenters. The second-order valence-corrected chi connectivity index (χ2v) is 4.21. The van der Waals surface area contributed by atoms with E-state index in [9.17, 15) is 0 Å². The molecule has 4 heteroatoms. The fourth-order valence-corrected chi connectivity index (χ4v) is 2.05. The van der Waals surface area contributed by atoms with Gasteiger partial charge in [-0.05, 0) is 38.1 Å². The van der Waals surface area contributed by atoms with Crippen molar-refractivity contribution in [2.24, 2.45) is 5.92 Å². The van der Waals surface area contributed by atoms with E-state index in [0.717, 1.165) is 36.9 Å². The Balaban J connectivity index is 2.02. The summed E-state index contributed by atoms with van der Waals surface area (Å²) in [7, 11) is 0. The van der Waals surface area contributed by atoms with Crippen LogP contribution >= 0.6 is 0 Å². The van der Waals surface area contributed by atoms with Crippen molar-refractivity contribution in [3.63, 3.8) is 0 Å². The topological polar surface area (TPSA) is 42.2 Å². The fraction of sp³-hybridized carbons (Fsp3) is 0.455. The lowest BCUT2D eigenvalue weighted by atomic mass is 9.99. The van der Waals surface area contributed by atoms with Gasteiger partial charge in [-0.15, -0.1) is 10.2 Å². The van der Waals surface area contributed by atoms with E-state index in [1.807, 2.05) is 12.1 Å². The Morgan fingerprint density at radius 3 is 3.00 bits per heavy atom. The number of pyridine rings is 1. The van der Waals surface area contributed by atoms with E-state index in [1.54, 1.807) is 0 Å². The van der Waals surface area contributed by atoms with Crippen LogP contribution in [0.2, 0.25) is 0 Å². The number of hydrogen-bond acceptors (Lipinski definition) is 3. The van der Waals surface area contributed by atoms with Gasteiger partial charge in [0.05, 0.1) is 0 Å². The predicted octanol–water partition coefficient (Wildman–Crippen LogP) is 0.800. The molecule has 0 aromatic carbocycles. The standard InChI is InChI=1S/C11H14N4/c1-8-3-2-4-10-13-14-11(15(8)10)5-9-6-12-7-9/h2-4,9,12H,5-7H2,1H3. The predicted molar refractivity (Wildman–Crippen MR) is 57.8 cm³/mol. The van der Waals surface area contributed by atoms with Gasteiger partial charge in [-0.1, -0.05) is 6.07 Å². The Morgan fingerprint density at radius 2 is 2.27 bits per heavy atom. The van der Waals surface area contributed by atoms with Crippen LogP contribution in [0, 0.1) is 12.8 Å². The minimum atomic E-state index is 0.733.